The Morgan fingerprint density at radius 2 is 1.68 bits per heavy atom. The zero-order valence-electron chi connectivity index (χ0n) is 19.4. The molecule has 4 aromatic rings. The molecule has 0 N–H and O–H groups in total. The number of aromatic nitrogens is 4. The summed E-state index contributed by atoms with van der Waals surface area (Å²) in [7, 11) is 0. The highest BCUT2D eigenvalue weighted by Gasteiger charge is 2.27. The number of nitrogens with zero attached hydrogens (tertiary/aromatic N) is 6. The van der Waals surface area contributed by atoms with E-state index in [9.17, 15) is 9.18 Å². The molecule has 2 aromatic carbocycles. The van der Waals surface area contributed by atoms with Crippen molar-refractivity contribution in [2.75, 3.05) is 26.2 Å². The molecular weight excluding hydrogens is 431 g/mol. The molecular formula is C26H27FN6O. The van der Waals surface area contributed by atoms with Gasteiger partial charge in [-0.25, -0.2) is 8.91 Å². The standard InChI is InChI=1S/C26H27FN6O/c1-3-22-23(20-9-11-21(27)12-10-20)25-29-28-24(18(2)33(25)30-22)26(34)32-15-13-31(14-16-32)17-19-7-5-4-6-8-19/h4-12H,3,13-17H2,1-2H3. The van der Waals surface area contributed by atoms with Gasteiger partial charge in [0.15, 0.2) is 11.3 Å². The van der Waals surface area contributed by atoms with Crippen LogP contribution in [-0.4, -0.2) is 61.7 Å². The lowest BCUT2D eigenvalue weighted by atomic mass is 10.0. The fourth-order valence-electron chi connectivity index (χ4n) is 4.51. The average molecular weight is 459 g/mol. The normalized spacial score (nSPS) is 14.6. The summed E-state index contributed by atoms with van der Waals surface area (Å²) >= 11 is 0. The summed E-state index contributed by atoms with van der Waals surface area (Å²) in [6.45, 7) is 7.65. The molecule has 0 atom stereocenters. The number of carbonyl (C=O) groups is 1. The minimum Gasteiger partial charge on any atom is -0.335 e. The molecule has 174 valence electrons. The number of benzene rings is 2. The molecule has 3 heterocycles. The third-order valence-electron chi connectivity index (χ3n) is 6.42. The van der Waals surface area contributed by atoms with E-state index in [2.05, 4.69) is 27.2 Å². The second-order valence-electron chi connectivity index (χ2n) is 8.61. The Morgan fingerprint density at radius 1 is 0.971 bits per heavy atom. The van der Waals surface area contributed by atoms with E-state index in [1.807, 2.05) is 36.9 Å². The van der Waals surface area contributed by atoms with Gasteiger partial charge in [0.2, 0.25) is 0 Å². The van der Waals surface area contributed by atoms with Crippen LogP contribution < -0.4 is 0 Å². The van der Waals surface area contributed by atoms with Crippen molar-refractivity contribution < 1.29 is 9.18 Å². The molecule has 34 heavy (non-hydrogen) atoms. The number of halogens is 1. The summed E-state index contributed by atoms with van der Waals surface area (Å²) in [5, 5.41) is 13.4. The van der Waals surface area contributed by atoms with Crippen LogP contribution in [0, 0.1) is 12.7 Å². The molecule has 1 aliphatic heterocycles. The van der Waals surface area contributed by atoms with Crippen LogP contribution in [-0.2, 0) is 13.0 Å². The van der Waals surface area contributed by atoms with Crippen LogP contribution in [0.15, 0.2) is 54.6 Å². The van der Waals surface area contributed by atoms with Crippen LogP contribution in [0.3, 0.4) is 0 Å². The minimum atomic E-state index is -0.294. The predicted molar refractivity (Wildman–Crippen MR) is 128 cm³/mol. The van der Waals surface area contributed by atoms with Gasteiger partial charge in [0, 0.05) is 32.7 Å². The number of amides is 1. The summed E-state index contributed by atoms with van der Waals surface area (Å²) in [5.41, 5.74) is 5.32. The first kappa shape index (κ1) is 22.2. The van der Waals surface area contributed by atoms with Gasteiger partial charge in [-0.1, -0.05) is 49.4 Å². The summed E-state index contributed by atoms with van der Waals surface area (Å²) < 4.78 is 15.1. The van der Waals surface area contributed by atoms with Crippen molar-refractivity contribution >= 4 is 11.6 Å². The van der Waals surface area contributed by atoms with E-state index in [1.54, 1.807) is 16.6 Å². The lowest BCUT2D eigenvalue weighted by molar-refractivity contribution is 0.0620. The molecule has 0 saturated carbocycles. The third kappa shape index (κ3) is 4.17. The van der Waals surface area contributed by atoms with Gasteiger partial charge in [-0.3, -0.25) is 9.69 Å². The smallest absolute Gasteiger partial charge is 0.276 e. The summed E-state index contributed by atoms with van der Waals surface area (Å²) in [6, 6.07) is 16.7. The van der Waals surface area contributed by atoms with Crippen molar-refractivity contribution in [3.8, 4) is 11.1 Å². The van der Waals surface area contributed by atoms with E-state index in [1.165, 1.54) is 17.7 Å². The van der Waals surface area contributed by atoms with Gasteiger partial charge in [-0.15, -0.1) is 10.2 Å². The molecule has 0 aliphatic carbocycles. The first-order chi connectivity index (χ1) is 16.5. The van der Waals surface area contributed by atoms with Crippen molar-refractivity contribution in [2.45, 2.75) is 26.8 Å². The molecule has 8 heteroatoms. The predicted octanol–water partition coefficient (Wildman–Crippen LogP) is 3.76. The van der Waals surface area contributed by atoms with E-state index in [0.717, 1.165) is 36.5 Å². The van der Waals surface area contributed by atoms with Crippen LogP contribution in [0.2, 0.25) is 0 Å². The number of hydrogen-bond donors (Lipinski definition) is 0. The molecule has 2 aromatic heterocycles. The van der Waals surface area contributed by atoms with Gasteiger partial charge < -0.3 is 4.90 Å². The number of rotatable bonds is 5. The Bertz CT molecular complexity index is 1310. The van der Waals surface area contributed by atoms with Gasteiger partial charge in [0.05, 0.1) is 17.0 Å². The van der Waals surface area contributed by atoms with Crippen LogP contribution >= 0.6 is 0 Å². The van der Waals surface area contributed by atoms with E-state index in [0.29, 0.717) is 36.5 Å². The van der Waals surface area contributed by atoms with Crippen LogP contribution in [0.25, 0.3) is 16.8 Å². The van der Waals surface area contributed by atoms with Crippen molar-refractivity contribution in [1.82, 2.24) is 29.6 Å². The number of hydrogen-bond acceptors (Lipinski definition) is 5. The lowest BCUT2D eigenvalue weighted by Crippen LogP contribution is -2.48. The van der Waals surface area contributed by atoms with Crippen molar-refractivity contribution in [3.05, 3.63) is 83.1 Å². The van der Waals surface area contributed by atoms with Crippen LogP contribution in [0.5, 0.6) is 0 Å². The summed E-state index contributed by atoms with van der Waals surface area (Å²) in [5.74, 6) is -0.416. The maximum absolute atomic E-state index is 13.4. The Balaban J connectivity index is 1.37. The molecule has 1 saturated heterocycles. The van der Waals surface area contributed by atoms with Gasteiger partial charge in [-0.2, -0.15) is 5.10 Å². The largest absolute Gasteiger partial charge is 0.335 e. The number of aryl methyl sites for hydroxylation is 2. The zero-order chi connectivity index (χ0) is 23.7. The second-order valence-corrected chi connectivity index (χ2v) is 8.61. The molecule has 1 fully saturated rings. The Labute approximate surface area is 197 Å². The Morgan fingerprint density at radius 3 is 2.35 bits per heavy atom. The monoisotopic (exact) mass is 458 g/mol. The molecule has 7 nitrogen and oxygen atoms in total. The van der Waals surface area contributed by atoms with E-state index < -0.39 is 0 Å². The van der Waals surface area contributed by atoms with E-state index in [4.69, 9.17) is 5.10 Å². The quantitative estimate of drug-likeness (QED) is 0.456. The first-order valence-corrected chi connectivity index (χ1v) is 11.6. The third-order valence-corrected chi connectivity index (χ3v) is 6.42. The maximum atomic E-state index is 13.4. The lowest BCUT2D eigenvalue weighted by Gasteiger charge is -2.34. The zero-order valence-corrected chi connectivity index (χ0v) is 19.4. The van der Waals surface area contributed by atoms with Gasteiger partial charge in [0.25, 0.3) is 5.91 Å². The van der Waals surface area contributed by atoms with Crippen LogP contribution in [0.4, 0.5) is 4.39 Å². The average Bonchev–Trinajstić information content (AvgIpc) is 3.25. The summed E-state index contributed by atoms with van der Waals surface area (Å²) in [6.07, 6.45) is 0.683. The highest BCUT2D eigenvalue weighted by Crippen LogP contribution is 2.29. The number of carbonyl (C=O) groups excluding carboxylic acids is 1. The maximum Gasteiger partial charge on any atom is 0.276 e. The van der Waals surface area contributed by atoms with Gasteiger partial charge in [0.1, 0.15) is 5.82 Å². The molecule has 0 spiro atoms. The van der Waals surface area contributed by atoms with Crippen molar-refractivity contribution in [2.24, 2.45) is 0 Å². The number of piperazine rings is 1. The fraction of sp³-hybridized carbons (Fsp3) is 0.308. The molecule has 1 aliphatic rings. The second kappa shape index (κ2) is 9.30. The molecule has 1 amide bonds. The SMILES string of the molecule is CCc1nn2c(C)c(C(=O)N3CCN(Cc4ccccc4)CC3)nnc2c1-c1ccc(F)cc1. The molecule has 5 rings (SSSR count). The van der Waals surface area contributed by atoms with E-state index >= 15 is 0 Å². The fourth-order valence-corrected chi connectivity index (χ4v) is 4.51. The van der Waals surface area contributed by atoms with Crippen molar-refractivity contribution in [3.63, 3.8) is 0 Å². The topological polar surface area (TPSA) is 66.6 Å². The molecule has 0 bridgehead atoms. The molecule has 0 unspecified atom stereocenters. The van der Waals surface area contributed by atoms with Gasteiger partial charge >= 0.3 is 0 Å². The Hall–Kier alpha value is -3.65. The van der Waals surface area contributed by atoms with Gasteiger partial charge in [-0.05, 0) is 36.6 Å². The van der Waals surface area contributed by atoms with E-state index in [-0.39, 0.29) is 11.7 Å². The Kier molecular flexibility index (Phi) is 6.06. The molecule has 0 radical (unpaired) electrons. The minimum absolute atomic E-state index is 0.122. The highest BCUT2D eigenvalue weighted by atomic mass is 19.1. The number of fused-ring (bicyclic) bond motifs is 1. The first-order valence-electron chi connectivity index (χ1n) is 11.6. The summed E-state index contributed by atoms with van der Waals surface area (Å²) in [4.78, 5) is 17.5. The van der Waals surface area contributed by atoms with Crippen molar-refractivity contribution in [1.29, 1.82) is 0 Å². The highest BCUT2D eigenvalue weighted by molar-refractivity contribution is 5.93. The van der Waals surface area contributed by atoms with Crippen LogP contribution in [0.1, 0.15) is 34.4 Å².